The van der Waals surface area contributed by atoms with Crippen LogP contribution in [0.5, 0.6) is 11.5 Å². The van der Waals surface area contributed by atoms with Gasteiger partial charge in [0.05, 0.1) is 17.7 Å². The highest BCUT2D eigenvalue weighted by molar-refractivity contribution is 5.49. The van der Waals surface area contributed by atoms with Gasteiger partial charge in [0.15, 0.2) is 0 Å². The Balaban J connectivity index is 2.28. The number of benzene rings is 2. The lowest BCUT2D eigenvalue weighted by atomic mass is 10.1. The van der Waals surface area contributed by atoms with Crippen molar-refractivity contribution in [1.29, 1.82) is 5.26 Å². The Morgan fingerprint density at radius 3 is 2.10 bits per heavy atom. The molecule has 2 aromatic rings. The second-order valence-corrected chi connectivity index (χ2v) is 4.90. The molecular weight excluding hydrogens is 250 g/mol. The number of aryl methyl sites for hydroxylation is 2. The lowest BCUT2D eigenvalue weighted by molar-refractivity contribution is 0.199. The zero-order valence-corrected chi connectivity index (χ0v) is 11.8. The molecule has 2 rings (SSSR count). The number of hydrogen-bond donors (Lipinski definition) is 1. The molecule has 0 spiro atoms. The summed E-state index contributed by atoms with van der Waals surface area (Å²) in [7, 11) is 0. The zero-order valence-electron chi connectivity index (χ0n) is 11.8. The van der Waals surface area contributed by atoms with Crippen LogP contribution in [0.2, 0.25) is 0 Å². The summed E-state index contributed by atoms with van der Waals surface area (Å²) in [5.41, 5.74) is 3.35. The van der Waals surface area contributed by atoms with Gasteiger partial charge in [-0.15, -0.1) is 0 Å². The molecule has 3 heteroatoms. The van der Waals surface area contributed by atoms with Crippen LogP contribution in [0.25, 0.3) is 0 Å². The van der Waals surface area contributed by atoms with Gasteiger partial charge in [-0.3, -0.25) is 0 Å². The standard InChI is InChI=1S/C17H17NO2/c1-11-8-14(10-18)9-12(2)17(11)20-16-6-4-15(5-7-16)13(3)19/h4-9,13,19H,1-3H3. The van der Waals surface area contributed by atoms with Crippen LogP contribution < -0.4 is 4.74 Å². The molecule has 3 nitrogen and oxygen atoms in total. The third-order valence-electron chi connectivity index (χ3n) is 3.17. The van der Waals surface area contributed by atoms with Crippen molar-refractivity contribution < 1.29 is 9.84 Å². The number of nitriles is 1. The van der Waals surface area contributed by atoms with E-state index >= 15 is 0 Å². The van der Waals surface area contributed by atoms with Crippen molar-refractivity contribution in [2.75, 3.05) is 0 Å². The lowest BCUT2D eigenvalue weighted by Crippen LogP contribution is -1.94. The lowest BCUT2D eigenvalue weighted by Gasteiger charge is -2.13. The molecule has 0 radical (unpaired) electrons. The monoisotopic (exact) mass is 267 g/mol. The van der Waals surface area contributed by atoms with Gasteiger partial charge in [0.25, 0.3) is 0 Å². The number of nitrogens with zero attached hydrogens (tertiary/aromatic N) is 1. The molecule has 0 fully saturated rings. The van der Waals surface area contributed by atoms with Crippen molar-refractivity contribution in [2.45, 2.75) is 26.9 Å². The highest BCUT2D eigenvalue weighted by Crippen LogP contribution is 2.30. The Labute approximate surface area is 119 Å². The first kappa shape index (κ1) is 14.1. The molecule has 0 saturated heterocycles. The van der Waals surface area contributed by atoms with E-state index in [9.17, 15) is 5.11 Å². The van der Waals surface area contributed by atoms with Gasteiger partial charge >= 0.3 is 0 Å². The van der Waals surface area contributed by atoms with Crippen LogP contribution in [-0.2, 0) is 0 Å². The van der Waals surface area contributed by atoms with Crippen molar-refractivity contribution in [3.8, 4) is 17.6 Å². The average molecular weight is 267 g/mol. The minimum atomic E-state index is -0.484. The summed E-state index contributed by atoms with van der Waals surface area (Å²) in [5.74, 6) is 1.49. The van der Waals surface area contributed by atoms with Crippen molar-refractivity contribution in [1.82, 2.24) is 0 Å². The fraction of sp³-hybridized carbons (Fsp3) is 0.235. The molecule has 1 N–H and O–H groups in total. The number of rotatable bonds is 3. The summed E-state index contributed by atoms with van der Waals surface area (Å²) in [6.45, 7) is 5.57. The Bertz CT molecular complexity index is 629. The van der Waals surface area contributed by atoms with Crippen molar-refractivity contribution in [3.05, 3.63) is 58.7 Å². The van der Waals surface area contributed by atoms with Gasteiger partial charge in [-0.25, -0.2) is 0 Å². The fourth-order valence-electron chi connectivity index (χ4n) is 2.11. The molecule has 1 unspecified atom stereocenters. The largest absolute Gasteiger partial charge is 0.457 e. The van der Waals surface area contributed by atoms with E-state index in [0.29, 0.717) is 11.3 Å². The first-order valence-electron chi connectivity index (χ1n) is 6.48. The molecule has 102 valence electrons. The van der Waals surface area contributed by atoms with Gasteiger partial charge < -0.3 is 9.84 Å². The number of ether oxygens (including phenoxy) is 1. The molecule has 0 heterocycles. The first-order chi connectivity index (χ1) is 9.51. The third-order valence-corrected chi connectivity index (χ3v) is 3.17. The minimum absolute atomic E-state index is 0.484. The number of aliphatic hydroxyl groups excluding tert-OH is 1. The fourth-order valence-corrected chi connectivity index (χ4v) is 2.11. The van der Waals surface area contributed by atoms with Crippen LogP contribution in [0.1, 0.15) is 35.3 Å². The maximum absolute atomic E-state index is 9.48. The predicted molar refractivity (Wildman–Crippen MR) is 77.8 cm³/mol. The Hall–Kier alpha value is -2.31. The molecule has 0 aliphatic carbocycles. The molecule has 2 aromatic carbocycles. The summed E-state index contributed by atoms with van der Waals surface area (Å²) < 4.78 is 5.88. The molecule has 0 amide bonds. The summed E-state index contributed by atoms with van der Waals surface area (Å²) in [6, 6.07) is 13.1. The Morgan fingerprint density at radius 2 is 1.65 bits per heavy atom. The van der Waals surface area contributed by atoms with E-state index in [4.69, 9.17) is 10.00 Å². The topological polar surface area (TPSA) is 53.2 Å². The second kappa shape index (κ2) is 5.77. The molecule has 0 bridgehead atoms. The summed E-state index contributed by atoms with van der Waals surface area (Å²) >= 11 is 0. The Morgan fingerprint density at radius 1 is 1.10 bits per heavy atom. The second-order valence-electron chi connectivity index (χ2n) is 4.90. The van der Waals surface area contributed by atoms with Crippen molar-refractivity contribution in [2.24, 2.45) is 0 Å². The van der Waals surface area contributed by atoms with E-state index in [1.807, 2.05) is 50.2 Å². The van der Waals surface area contributed by atoms with Crippen molar-refractivity contribution >= 4 is 0 Å². The van der Waals surface area contributed by atoms with E-state index in [2.05, 4.69) is 6.07 Å². The predicted octanol–water partition coefficient (Wildman–Crippen LogP) is 4.02. The van der Waals surface area contributed by atoms with Gasteiger partial charge in [0.2, 0.25) is 0 Å². The van der Waals surface area contributed by atoms with Crippen LogP contribution in [0.15, 0.2) is 36.4 Å². The quantitative estimate of drug-likeness (QED) is 0.913. The van der Waals surface area contributed by atoms with Gasteiger partial charge in [-0.1, -0.05) is 12.1 Å². The van der Waals surface area contributed by atoms with E-state index in [1.54, 1.807) is 6.92 Å². The first-order valence-corrected chi connectivity index (χ1v) is 6.48. The summed E-state index contributed by atoms with van der Waals surface area (Å²) in [6.07, 6.45) is -0.484. The maximum Gasteiger partial charge on any atom is 0.133 e. The van der Waals surface area contributed by atoms with Gasteiger partial charge in [0, 0.05) is 0 Å². The highest BCUT2D eigenvalue weighted by Gasteiger charge is 2.08. The van der Waals surface area contributed by atoms with Gasteiger partial charge in [-0.05, 0) is 61.7 Å². The highest BCUT2D eigenvalue weighted by atomic mass is 16.5. The molecule has 0 saturated carbocycles. The molecule has 1 atom stereocenters. The van der Waals surface area contributed by atoms with Gasteiger partial charge in [-0.2, -0.15) is 5.26 Å². The van der Waals surface area contributed by atoms with E-state index < -0.39 is 6.10 Å². The molecule has 0 aromatic heterocycles. The number of aliphatic hydroxyl groups is 1. The minimum Gasteiger partial charge on any atom is -0.457 e. The van der Waals surface area contributed by atoms with E-state index in [0.717, 1.165) is 22.4 Å². The molecular formula is C17H17NO2. The smallest absolute Gasteiger partial charge is 0.133 e. The zero-order chi connectivity index (χ0) is 14.7. The summed E-state index contributed by atoms with van der Waals surface area (Å²) in [4.78, 5) is 0. The maximum atomic E-state index is 9.48. The van der Waals surface area contributed by atoms with Crippen LogP contribution in [-0.4, -0.2) is 5.11 Å². The summed E-state index contributed by atoms with van der Waals surface area (Å²) in [5, 5.41) is 18.4. The molecule has 0 aliphatic rings. The van der Waals surface area contributed by atoms with Crippen LogP contribution in [0, 0.1) is 25.2 Å². The van der Waals surface area contributed by atoms with Gasteiger partial charge in [0.1, 0.15) is 11.5 Å². The van der Waals surface area contributed by atoms with Crippen molar-refractivity contribution in [3.63, 3.8) is 0 Å². The SMILES string of the molecule is Cc1cc(C#N)cc(C)c1Oc1ccc(C(C)O)cc1. The third kappa shape index (κ3) is 2.98. The van der Waals surface area contributed by atoms with Crippen LogP contribution in [0.3, 0.4) is 0 Å². The average Bonchev–Trinajstić information content (AvgIpc) is 2.43. The van der Waals surface area contributed by atoms with E-state index in [-0.39, 0.29) is 0 Å². The number of hydrogen-bond acceptors (Lipinski definition) is 3. The molecule has 0 aliphatic heterocycles. The van der Waals surface area contributed by atoms with Crippen LogP contribution in [0.4, 0.5) is 0 Å². The normalized spacial score (nSPS) is 11.8. The Kier molecular flexibility index (Phi) is 4.07. The van der Waals surface area contributed by atoms with E-state index in [1.165, 1.54) is 0 Å². The van der Waals surface area contributed by atoms with Crippen LogP contribution >= 0.6 is 0 Å². The molecule has 20 heavy (non-hydrogen) atoms.